The van der Waals surface area contributed by atoms with Crippen molar-refractivity contribution >= 4 is 23.2 Å². The number of rotatable bonds is 5. The van der Waals surface area contributed by atoms with E-state index in [1.54, 1.807) is 31.2 Å². The van der Waals surface area contributed by atoms with Crippen LogP contribution in [0.5, 0.6) is 0 Å². The molecule has 0 unspecified atom stereocenters. The smallest absolute Gasteiger partial charge is 0.255 e. The summed E-state index contributed by atoms with van der Waals surface area (Å²) in [5, 5.41) is 5.62. The van der Waals surface area contributed by atoms with Gasteiger partial charge in [0.2, 0.25) is 5.91 Å². The van der Waals surface area contributed by atoms with E-state index in [2.05, 4.69) is 24.5 Å². The molecule has 2 N–H and O–H groups in total. The molecule has 2 amide bonds. The zero-order valence-electron chi connectivity index (χ0n) is 13.7. The van der Waals surface area contributed by atoms with Gasteiger partial charge in [0.25, 0.3) is 5.91 Å². The van der Waals surface area contributed by atoms with Gasteiger partial charge in [0, 0.05) is 23.4 Å². The topological polar surface area (TPSA) is 58.2 Å². The molecule has 4 heteroatoms. The van der Waals surface area contributed by atoms with Gasteiger partial charge in [-0.2, -0.15) is 0 Å². The highest BCUT2D eigenvalue weighted by atomic mass is 16.2. The van der Waals surface area contributed by atoms with Crippen LogP contribution in [0, 0.1) is 0 Å². The molecule has 4 nitrogen and oxygen atoms in total. The number of hydrogen-bond donors (Lipinski definition) is 2. The Hall–Kier alpha value is -2.62. The molecule has 0 saturated heterocycles. The Kier molecular flexibility index (Phi) is 5.52. The Morgan fingerprint density at radius 2 is 1.57 bits per heavy atom. The van der Waals surface area contributed by atoms with Gasteiger partial charge in [-0.25, -0.2) is 0 Å². The summed E-state index contributed by atoms with van der Waals surface area (Å²) in [7, 11) is 0. The summed E-state index contributed by atoms with van der Waals surface area (Å²) in [6.45, 7) is 6.03. The number of carbonyl (C=O) groups is 2. The maximum Gasteiger partial charge on any atom is 0.255 e. The number of amides is 2. The van der Waals surface area contributed by atoms with Crippen LogP contribution in [0.2, 0.25) is 0 Å². The van der Waals surface area contributed by atoms with E-state index in [0.29, 0.717) is 29.3 Å². The Morgan fingerprint density at radius 1 is 0.957 bits per heavy atom. The van der Waals surface area contributed by atoms with E-state index in [1.165, 1.54) is 5.56 Å². The minimum Gasteiger partial charge on any atom is -0.326 e. The quantitative estimate of drug-likeness (QED) is 0.859. The number of benzene rings is 2. The molecular weight excluding hydrogens is 288 g/mol. The third-order valence-corrected chi connectivity index (χ3v) is 3.56. The maximum absolute atomic E-state index is 12.3. The summed E-state index contributed by atoms with van der Waals surface area (Å²) < 4.78 is 0. The first-order valence-electron chi connectivity index (χ1n) is 7.81. The number of hydrogen-bond acceptors (Lipinski definition) is 2. The van der Waals surface area contributed by atoms with Gasteiger partial charge >= 0.3 is 0 Å². The predicted octanol–water partition coefficient (Wildman–Crippen LogP) is 4.41. The molecule has 0 aromatic heterocycles. The highest BCUT2D eigenvalue weighted by molar-refractivity contribution is 6.04. The van der Waals surface area contributed by atoms with Gasteiger partial charge in [-0.05, 0) is 41.8 Å². The Bertz CT molecular complexity index is 691. The van der Waals surface area contributed by atoms with E-state index in [0.717, 1.165) is 0 Å². The molecule has 0 aliphatic heterocycles. The zero-order valence-corrected chi connectivity index (χ0v) is 13.7. The van der Waals surface area contributed by atoms with Crippen molar-refractivity contribution in [2.45, 2.75) is 33.1 Å². The van der Waals surface area contributed by atoms with E-state index in [9.17, 15) is 9.59 Å². The van der Waals surface area contributed by atoms with Crippen molar-refractivity contribution in [2.24, 2.45) is 0 Å². The molecule has 0 fully saturated rings. The van der Waals surface area contributed by atoms with Gasteiger partial charge in [0.05, 0.1) is 0 Å². The SMILES string of the molecule is CCC(=O)Nc1cccc(NC(=O)c2ccc(C(C)C)cc2)c1. The molecular formula is C19H22N2O2. The fourth-order valence-corrected chi connectivity index (χ4v) is 2.15. The summed E-state index contributed by atoms with van der Waals surface area (Å²) in [5.74, 6) is 0.211. The number of nitrogens with one attached hydrogen (secondary N) is 2. The first kappa shape index (κ1) is 16.7. The average Bonchev–Trinajstić information content (AvgIpc) is 2.55. The molecule has 0 aliphatic carbocycles. The molecule has 0 saturated carbocycles. The first-order chi connectivity index (χ1) is 11.0. The Balaban J connectivity index is 2.07. The van der Waals surface area contributed by atoms with Crippen molar-refractivity contribution in [3.8, 4) is 0 Å². The molecule has 0 atom stereocenters. The van der Waals surface area contributed by atoms with Crippen LogP contribution in [0.1, 0.15) is 49.0 Å². The zero-order chi connectivity index (χ0) is 16.8. The number of anilines is 2. The normalized spacial score (nSPS) is 10.4. The largest absolute Gasteiger partial charge is 0.326 e. The van der Waals surface area contributed by atoms with Crippen LogP contribution in [-0.2, 0) is 4.79 Å². The van der Waals surface area contributed by atoms with Gasteiger partial charge < -0.3 is 10.6 Å². The predicted molar refractivity (Wildman–Crippen MR) is 93.8 cm³/mol. The molecule has 23 heavy (non-hydrogen) atoms. The summed E-state index contributed by atoms with van der Waals surface area (Å²) >= 11 is 0. The average molecular weight is 310 g/mol. The van der Waals surface area contributed by atoms with Gasteiger partial charge in [-0.3, -0.25) is 9.59 Å². The van der Waals surface area contributed by atoms with Crippen LogP contribution in [-0.4, -0.2) is 11.8 Å². The van der Waals surface area contributed by atoms with Crippen molar-refractivity contribution in [2.75, 3.05) is 10.6 Å². The lowest BCUT2D eigenvalue weighted by atomic mass is 10.0. The third kappa shape index (κ3) is 4.68. The Labute approximate surface area is 136 Å². The fraction of sp³-hybridized carbons (Fsp3) is 0.263. The van der Waals surface area contributed by atoms with E-state index in [-0.39, 0.29) is 11.8 Å². The van der Waals surface area contributed by atoms with Crippen LogP contribution in [0.3, 0.4) is 0 Å². The summed E-state index contributed by atoms with van der Waals surface area (Å²) in [6.07, 6.45) is 0.415. The fourth-order valence-electron chi connectivity index (χ4n) is 2.15. The molecule has 2 aromatic rings. The standard InChI is InChI=1S/C19H22N2O2/c1-4-18(22)20-16-6-5-7-17(12-16)21-19(23)15-10-8-14(9-11-15)13(2)3/h5-13H,4H2,1-3H3,(H,20,22)(H,21,23). The third-order valence-electron chi connectivity index (χ3n) is 3.56. The molecule has 0 aliphatic rings. The van der Waals surface area contributed by atoms with E-state index < -0.39 is 0 Å². The monoisotopic (exact) mass is 310 g/mol. The Morgan fingerprint density at radius 3 is 2.13 bits per heavy atom. The van der Waals surface area contributed by atoms with Gasteiger partial charge in [-0.15, -0.1) is 0 Å². The lowest BCUT2D eigenvalue weighted by molar-refractivity contribution is -0.115. The summed E-state index contributed by atoms with van der Waals surface area (Å²) in [5.41, 5.74) is 3.13. The van der Waals surface area contributed by atoms with Gasteiger partial charge in [0.15, 0.2) is 0 Å². The van der Waals surface area contributed by atoms with E-state index in [1.807, 2.05) is 24.3 Å². The van der Waals surface area contributed by atoms with Crippen molar-refractivity contribution in [1.29, 1.82) is 0 Å². The van der Waals surface area contributed by atoms with Gasteiger partial charge in [-0.1, -0.05) is 39.0 Å². The van der Waals surface area contributed by atoms with E-state index in [4.69, 9.17) is 0 Å². The van der Waals surface area contributed by atoms with Crippen LogP contribution in [0.25, 0.3) is 0 Å². The van der Waals surface area contributed by atoms with E-state index >= 15 is 0 Å². The second-order valence-corrected chi connectivity index (χ2v) is 5.71. The summed E-state index contributed by atoms with van der Waals surface area (Å²) in [6, 6.07) is 14.7. The highest BCUT2D eigenvalue weighted by Crippen LogP contribution is 2.18. The summed E-state index contributed by atoms with van der Waals surface area (Å²) in [4.78, 5) is 23.7. The maximum atomic E-state index is 12.3. The second kappa shape index (κ2) is 7.58. The van der Waals surface area contributed by atoms with Crippen molar-refractivity contribution in [3.63, 3.8) is 0 Å². The molecule has 0 radical (unpaired) electrons. The minimum absolute atomic E-state index is 0.0576. The molecule has 0 bridgehead atoms. The van der Waals surface area contributed by atoms with Crippen LogP contribution in [0.15, 0.2) is 48.5 Å². The molecule has 0 heterocycles. The number of carbonyl (C=O) groups excluding carboxylic acids is 2. The highest BCUT2D eigenvalue weighted by Gasteiger charge is 2.08. The molecule has 0 spiro atoms. The molecule has 120 valence electrons. The minimum atomic E-state index is -0.167. The van der Waals surface area contributed by atoms with Gasteiger partial charge in [0.1, 0.15) is 0 Å². The van der Waals surface area contributed by atoms with Crippen LogP contribution >= 0.6 is 0 Å². The van der Waals surface area contributed by atoms with Crippen LogP contribution < -0.4 is 10.6 Å². The van der Waals surface area contributed by atoms with Crippen molar-refractivity contribution < 1.29 is 9.59 Å². The lowest BCUT2D eigenvalue weighted by Crippen LogP contribution is -2.13. The molecule has 2 rings (SSSR count). The van der Waals surface area contributed by atoms with Crippen molar-refractivity contribution in [3.05, 3.63) is 59.7 Å². The molecule has 2 aromatic carbocycles. The second-order valence-electron chi connectivity index (χ2n) is 5.71. The van der Waals surface area contributed by atoms with Crippen LogP contribution in [0.4, 0.5) is 11.4 Å². The first-order valence-corrected chi connectivity index (χ1v) is 7.81. The lowest BCUT2D eigenvalue weighted by Gasteiger charge is -2.09. The van der Waals surface area contributed by atoms with Crippen molar-refractivity contribution in [1.82, 2.24) is 0 Å².